The second-order valence-electron chi connectivity index (χ2n) is 6.64. The summed E-state index contributed by atoms with van der Waals surface area (Å²) in [7, 11) is -2.57. The maximum atomic E-state index is 12.5. The van der Waals surface area contributed by atoms with Crippen LogP contribution in [0.3, 0.4) is 0 Å². The highest BCUT2D eigenvalue weighted by Gasteiger charge is 2.25. The maximum absolute atomic E-state index is 12.5. The molecule has 3 N–H and O–H groups in total. The fourth-order valence-electron chi connectivity index (χ4n) is 2.34. The number of hydrogen-bond donors (Lipinski definition) is 3. The van der Waals surface area contributed by atoms with Gasteiger partial charge in [-0.25, -0.2) is 17.9 Å². The number of carbonyl (C=O) groups excluding carboxylic acids is 1. The highest BCUT2D eigenvalue weighted by molar-refractivity contribution is 7.89. The van der Waals surface area contributed by atoms with Gasteiger partial charge in [0.05, 0.1) is 7.11 Å². The summed E-state index contributed by atoms with van der Waals surface area (Å²) >= 11 is 0. The van der Waals surface area contributed by atoms with E-state index >= 15 is 0 Å². The number of carboxylic acid groups (broad SMARTS) is 1. The van der Waals surface area contributed by atoms with Crippen molar-refractivity contribution in [2.45, 2.75) is 51.1 Å². The summed E-state index contributed by atoms with van der Waals surface area (Å²) in [4.78, 5) is 23.5. The van der Waals surface area contributed by atoms with E-state index < -0.39 is 27.9 Å². The van der Waals surface area contributed by atoms with E-state index in [1.165, 1.54) is 25.3 Å². The summed E-state index contributed by atoms with van der Waals surface area (Å²) in [6, 6.07) is 2.52. The molecule has 0 saturated carbocycles. The number of hydrogen-bond acceptors (Lipinski definition) is 5. The number of methoxy groups -OCH3 is 1. The van der Waals surface area contributed by atoms with Gasteiger partial charge in [0.15, 0.2) is 0 Å². The first-order valence-electron chi connectivity index (χ1n) is 8.22. The largest absolute Gasteiger partial charge is 0.495 e. The van der Waals surface area contributed by atoms with E-state index in [9.17, 15) is 23.1 Å². The molecule has 0 saturated heterocycles. The highest BCUT2D eigenvalue weighted by Crippen LogP contribution is 2.25. The molecule has 1 amide bonds. The molecule has 26 heavy (non-hydrogen) atoms. The van der Waals surface area contributed by atoms with Crippen molar-refractivity contribution in [3.8, 4) is 5.75 Å². The summed E-state index contributed by atoms with van der Waals surface area (Å²) in [5.74, 6) is -1.65. The van der Waals surface area contributed by atoms with Gasteiger partial charge in [-0.3, -0.25) is 4.79 Å². The quantitative estimate of drug-likeness (QED) is 0.593. The number of aliphatic carboxylic acids is 1. The van der Waals surface area contributed by atoms with Gasteiger partial charge in [0, 0.05) is 11.6 Å². The predicted octanol–water partition coefficient (Wildman–Crippen LogP) is 1.61. The molecule has 1 atom stereocenters. The minimum absolute atomic E-state index is 0.0323. The summed E-state index contributed by atoms with van der Waals surface area (Å²) in [6.45, 7) is 7.03. The fraction of sp³-hybridized carbons (Fsp3) is 0.529. The molecule has 0 bridgehead atoms. The van der Waals surface area contributed by atoms with Crippen molar-refractivity contribution in [3.05, 3.63) is 23.8 Å². The van der Waals surface area contributed by atoms with Crippen LogP contribution < -0.4 is 14.8 Å². The average Bonchev–Trinajstić information content (AvgIpc) is 2.51. The van der Waals surface area contributed by atoms with E-state index in [-0.39, 0.29) is 34.6 Å². The number of benzene rings is 1. The third-order valence-corrected chi connectivity index (χ3v) is 5.10. The molecule has 0 unspecified atom stereocenters. The van der Waals surface area contributed by atoms with Crippen molar-refractivity contribution in [3.63, 3.8) is 0 Å². The van der Waals surface area contributed by atoms with Crippen LogP contribution in [0, 0.1) is 5.92 Å². The smallest absolute Gasteiger partial charge is 0.326 e. The third kappa shape index (κ3) is 5.99. The Morgan fingerprint density at radius 2 is 1.81 bits per heavy atom. The molecule has 0 spiro atoms. The molecule has 1 aromatic carbocycles. The van der Waals surface area contributed by atoms with Gasteiger partial charge >= 0.3 is 5.97 Å². The van der Waals surface area contributed by atoms with Crippen LogP contribution in [0.5, 0.6) is 5.75 Å². The van der Waals surface area contributed by atoms with Crippen molar-refractivity contribution in [1.29, 1.82) is 0 Å². The van der Waals surface area contributed by atoms with E-state index in [0.717, 1.165) is 0 Å². The van der Waals surface area contributed by atoms with Gasteiger partial charge in [-0.15, -0.1) is 0 Å². The number of nitrogens with one attached hydrogen (secondary N) is 2. The molecule has 146 valence electrons. The molecule has 8 nitrogen and oxygen atoms in total. The van der Waals surface area contributed by atoms with Gasteiger partial charge in [0.1, 0.15) is 16.7 Å². The van der Waals surface area contributed by atoms with Crippen molar-refractivity contribution in [2.24, 2.45) is 5.92 Å². The molecule has 0 aliphatic rings. The lowest BCUT2D eigenvalue weighted by Gasteiger charge is -2.17. The van der Waals surface area contributed by atoms with Gasteiger partial charge in [-0.05, 0) is 44.4 Å². The van der Waals surface area contributed by atoms with Crippen LogP contribution in [0.1, 0.15) is 44.5 Å². The van der Waals surface area contributed by atoms with E-state index in [4.69, 9.17) is 4.74 Å². The fourth-order valence-corrected chi connectivity index (χ4v) is 3.78. The maximum Gasteiger partial charge on any atom is 0.326 e. The van der Waals surface area contributed by atoms with Crippen LogP contribution in [0.2, 0.25) is 0 Å². The van der Waals surface area contributed by atoms with Crippen LogP contribution in [0.25, 0.3) is 0 Å². The normalized spacial score (nSPS) is 12.9. The molecule has 1 rings (SSSR count). The first-order valence-corrected chi connectivity index (χ1v) is 9.70. The van der Waals surface area contributed by atoms with E-state index in [0.29, 0.717) is 0 Å². The molecule has 0 aliphatic heterocycles. The Balaban J connectivity index is 3.20. The van der Waals surface area contributed by atoms with Gasteiger partial charge in [-0.2, -0.15) is 0 Å². The minimum atomic E-state index is -3.89. The molecular formula is C17H26N2O6S. The number of sulfonamides is 1. The summed E-state index contributed by atoms with van der Waals surface area (Å²) < 4.78 is 32.4. The number of ether oxygens (including phenoxy) is 1. The zero-order valence-corrected chi connectivity index (χ0v) is 16.4. The SMILES string of the molecule is COc1ccc(C(=O)N[C@@H](CC(C)C)C(=O)O)cc1S(=O)(=O)NC(C)C. The molecule has 0 aromatic heterocycles. The minimum Gasteiger partial charge on any atom is -0.495 e. The lowest BCUT2D eigenvalue weighted by atomic mass is 10.0. The lowest BCUT2D eigenvalue weighted by Crippen LogP contribution is -2.41. The van der Waals surface area contributed by atoms with Crippen LogP contribution in [0.4, 0.5) is 0 Å². The molecule has 0 heterocycles. The molecule has 0 radical (unpaired) electrons. The standard InChI is InChI=1S/C17H26N2O6S/c1-10(2)8-13(17(21)22)18-16(20)12-6-7-14(25-5)15(9-12)26(23,24)19-11(3)4/h6-7,9-11,13,19H,8H2,1-5H3,(H,18,20)(H,21,22)/t13-/m0/s1. The van der Waals surface area contributed by atoms with Crippen molar-refractivity contribution in [1.82, 2.24) is 10.0 Å². The zero-order valence-electron chi connectivity index (χ0n) is 15.6. The average molecular weight is 386 g/mol. The third-order valence-electron chi connectivity index (χ3n) is 3.42. The van der Waals surface area contributed by atoms with Gasteiger partial charge in [0.25, 0.3) is 5.91 Å². The Kier molecular flexibility index (Phi) is 7.58. The number of carboxylic acids is 1. The second-order valence-corrected chi connectivity index (χ2v) is 8.32. The molecular weight excluding hydrogens is 360 g/mol. The van der Waals surface area contributed by atoms with E-state index in [1.54, 1.807) is 13.8 Å². The van der Waals surface area contributed by atoms with Crippen LogP contribution in [0.15, 0.2) is 23.1 Å². The summed E-state index contributed by atoms with van der Waals surface area (Å²) in [5.41, 5.74) is 0.0323. The molecule has 9 heteroatoms. The van der Waals surface area contributed by atoms with Gasteiger partial charge < -0.3 is 15.2 Å². The molecule has 1 aromatic rings. The van der Waals surface area contributed by atoms with Crippen molar-refractivity contribution >= 4 is 21.9 Å². The number of carbonyl (C=O) groups is 2. The van der Waals surface area contributed by atoms with Gasteiger partial charge in [0.2, 0.25) is 10.0 Å². The van der Waals surface area contributed by atoms with Crippen LogP contribution >= 0.6 is 0 Å². The Hall–Kier alpha value is -2.13. The molecule has 0 fully saturated rings. The van der Waals surface area contributed by atoms with Crippen molar-refractivity contribution in [2.75, 3.05) is 7.11 Å². The topological polar surface area (TPSA) is 122 Å². The lowest BCUT2D eigenvalue weighted by molar-refractivity contribution is -0.139. The van der Waals surface area contributed by atoms with Crippen molar-refractivity contribution < 1.29 is 27.9 Å². The first kappa shape index (κ1) is 21.9. The Morgan fingerprint density at radius 1 is 1.19 bits per heavy atom. The Morgan fingerprint density at radius 3 is 2.27 bits per heavy atom. The Labute approximate surface area is 154 Å². The highest BCUT2D eigenvalue weighted by atomic mass is 32.2. The van der Waals surface area contributed by atoms with Crippen LogP contribution in [-0.2, 0) is 14.8 Å². The Bertz CT molecular complexity index is 759. The van der Waals surface area contributed by atoms with Gasteiger partial charge in [-0.1, -0.05) is 13.8 Å². The predicted molar refractivity (Wildman–Crippen MR) is 96.8 cm³/mol. The van der Waals surface area contributed by atoms with E-state index in [1.807, 2.05) is 13.8 Å². The number of amides is 1. The summed E-state index contributed by atoms with van der Waals surface area (Å²) in [6.07, 6.45) is 0.261. The summed E-state index contributed by atoms with van der Waals surface area (Å²) in [5, 5.41) is 11.7. The zero-order chi connectivity index (χ0) is 20.1. The van der Waals surface area contributed by atoms with E-state index in [2.05, 4.69) is 10.0 Å². The van der Waals surface area contributed by atoms with Crippen LogP contribution in [-0.4, -0.2) is 44.6 Å². The molecule has 0 aliphatic carbocycles. The first-order chi connectivity index (χ1) is 12.0. The monoisotopic (exact) mass is 386 g/mol. The number of rotatable bonds is 9. The second kappa shape index (κ2) is 9.00.